The van der Waals surface area contributed by atoms with Gasteiger partial charge in [-0.25, -0.2) is 4.79 Å². The third-order valence-corrected chi connectivity index (χ3v) is 7.47. The summed E-state index contributed by atoms with van der Waals surface area (Å²) in [5.41, 5.74) is 4.09. The van der Waals surface area contributed by atoms with Gasteiger partial charge in [0, 0.05) is 18.5 Å². The predicted octanol–water partition coefficient (Wildman–Crippen LogP) is 3.79. The summed E-state index contributed by atoms with van der Waals surface area (Å²) in [5, 5.41) is 12.1. The first-order chi connectivity index (χ1) is 16.4. The van der Waals surface area contributed by atoms with E-state index in [0.29, 0.717) is 12.8 Å². The molecule has 2 N–H and O–H groups in total. The molecule has 7 heteroatoms. The maximum atomic E-state index is 13.1. The number of fused-ring (bicyclic) bond motifs is 4. The lowest BCUT2D eigenvalue weighted by molar-refractivity contribution is -0.146. The van der Waals surface area contributed by atoms with Crippen molar-refractivity contribution < 1.29 is 24.2 Å². The molecule has 2 aromatic rings. The molecule has 2 fully saturated rings. The molecule has 0 saturated heterocycles. The number of rotatable bonds is 8. The number of hydrogen-bond donors (Lipinski definition) is 2. The van der Waals surface area contributed by atoms with Crippen molar-refractivity contribution in [2.75, 3.05) is 19.7 Å². The van der Waals surface area contributed by atoms with Gasteiger partial charge in [0.1, 0.15) is 13.2 Å². The smallest absolute Gasteiger partial charge is 0.407 e. The Morgan fingerprint density at radius 2 is 1.74 bits per heavy atom. The van der Waals surface area contributed by atoms with Crippen molar-refractivity contribution in [3.05, 3.63) is 72.3 Å². The number of carbonyl (C=O) groups is 3. The monoisotopic (exact) mass is 460 g/mol. The maximum absolute atomic E-state index is 13.1. The fourth-order valence-electron chi connectivity index (χ4n) is 5.93. The normalized spacial score (nSPS) is 23.9. The lowest BCUT2D eigenvalue weighted by Crippen LogP contribution is -2.42. The number of nitrogens with one attached hydrogen (secondary N) is 1. The lowest BCUT2D eigenvalue weighted by Gasteiger charge is -2.25. The van der Waals surface area contributed by atoms with Crippen LogP contribution in [0, 0.1) is 11.3 Å². The van der Waals surface area contributed by atoms with Gasteiger partial charge in [0.25, 0.3) is 0 Å². The van der Waals surface area contributed by atoms with Crippen molar-refractivity contribution in [3.8, 4) is 11.1 Å². The van der Waals surface area contributed by atoms with E-state index in [9.17, 15) is 14.4 Å². The van der Waals surface area contributed by atoms with Crippen molar-refractivity contribution in [2.45, 2.75) is 31.2 Å². The summed E-state index contributed by atoms with van der Waals surface area (Å²) in [4.78, 5) is 38.2. The summed E-state index contributed by atoms with van der Waals surface area (Å²) in [6.07, 6.45) is 3.00. The molecule has 2 saturated carbocycles. The number of alkyl carbamates (subject to hydrolysis) is 1. The topological polar surface area (TPSA) is 95.9 Å². The number of ether oxygens (including phenoxy) is 1. The number of hydrogen-bond acceptors (Lipinski definition) is 4. The summed E-state index contributed by atoms with van der Waals surface area (Å²) in [6, 6.07) is 16.2. The Kier molecular flexibility index (Phi) is 5.63. The lowest BCUT2D eigenvalue weighted by atomic mass is 9.98. The first-order valence-electron chi connectivity index (χ1n) is 11.7. The van der Waals surface area contributed by atoms with Crippen molar-refractivity contribution >= 4 is 18.0 Å². The van der Waals surface area contributed by atoms with Crippen molar-refractivity contribution in [1.82, 2.24) is 10.2 Å². The Hall–Kier alpha value is -3.61. The van der Waals surface area contributed by atoms with Crippen LogP contribution >= 0.6 is 0 Å². The van der Waals surface area contributed by atoms with E-state index in [1.807, 2.05) is 24.3 Å². The zero-order valence-electron chi connectivity index (χ0n) is 18.9. The van der Waals surface area contributed by atoms with Crippen LogP contribution in [-0.4, -0.2) is 53.7 Å². The van der Waals surface area contributed by atoms with Crippen LogP contribution in [0.5, 0.6) is 0 Å². The second kappa shape index (κ2) is 8.63. The molecule has 2 aromatic carbocycles. The van der Waals surface area contributed by atoms with Crippen LogP contribution < -0.4 is 5.32 Å². The van der Waals surface area contributed by atoms with Gasteiger partial charge in [0.05, 0.1) is 5.41 Å². The van der Waals surface area contributed by atoms with E-state index in [-0.39, 0.29) is 43.5 Å². The number of carbonyl (C=O) groups excluding carboxylic acids is 2. The molecule has 0 heterocycles. The van der Waals surface area contributed by atoms with E-state index in [4.69, 9.17) is 9.84 Å². The van der Waals surface area contributed by atoms with Gasteiger partial charge in [-0.2, -0.15) is 0 Å². The third-order valence-electron chi connectivity index (χ3n) is 7.47. The van der Waals surface area contributed by atoms with Crippen LogP contribution in [0.15, 0.2) is 61.2 Å². The minimum Gasteiger partial charge on any atom is -0.480 e. The summed E-state index contributed by atoms with van der Waals surface area (Å²) in [7, 11) is 0. The first kappa shape index (κ1) is 22.2. The molecular weight excluding hydrogens is 432 g/mol. The van der Waals surface area contributed by atoms with Crippen molar-refractivity contribution in [3.63, 3.8) is 0 Å². The van der Waals surface area contributed by atoms with Crippen molar-refractivity contribution in [2.24, 2.45) is 11.3 Å². The van der Waals surface area contributed by atoms with Gasteiger partial charge in [-0.3, -0.25) is 9.59 Å². The number of aliphatic carboxylic acids is 1. The molecule has 0 aliphatic heterocycles. The first-order valence-corrected chi connectivity index (χ1v) is 11.7. The number of carboxylic acids is 1. The molecule has 3 aliphatic rings. The molecule has 0 unspecified atom stereocenters. The summed E-state index contributed by atoms with van der Waals surface area (Å²) >= 11 is 0. The quantitative estimate of drug-likeness (QED) is 0.585. The van der Waals surface area contributed by atoms with Crippen LogP contribution in [0.1, 0.15) is 36.3 Å². The van der Waals surface area contributed by atoms with Crippen LogP contribution in [0.25, 0.3) is 11.1 Å². The summed E-state index contributed by atoms with van der Waals surface area (Å²) in [5.74, 6) is -1.04. The van der Waals surface area contributed by atoms with Gasteiger partial charge in [0.15, 0.2) is 0 Å². The molecule has 0 spiro atoms. The minimum absolute atomic E-state index is 0.00784. The number of carboxylic acid groups (broad SMARTS) is 1. The van der Waals surface area contributed by atoms with Crippen LogP contribution in [0.2, 0.25) is 0 Å². The molecule has 0 bridgehead atoms. The Morgan fingerprint density at radius 3 is 2.35 bits per heavy atom. The fraction of sp³-hybridized carbons (Fsp3) is 0.370. The minimum atomic E-state index is -1.05. The van der Waals surface area contributed by atoms with Gasteiger partial charge >= 0.3 is 12.1 Å². The predicted molar refractivity (Wildman–Crippen MR) is 126 cm³/mol. The summed E-state index contributed by atoms with van der Waals surface area (Å²) in [6.45, 7) is 3.73. The van der Waals surface area contributed by atoms with Gasteiger partial charge in [-0.05, 0) is 47.4 Å². The highest BCUT2D eigenvalue weighted by Gasteiger charge is 2.66. The van der Waals surface area contributed by atoms with Gasteiger partial charge in [0.2, 0.25) is 5.91 Å². The molecule has 3 aliphatic carbocycles. The standard InChI is InChI=1S/C27H28N2O5/c1-2-11-29(15-24(30)31)25(32)27-13-17(27)12-18(14-27)28-26(33)34-16-23-21-9-5-3-7-19(21)20-8-4-6-10-22(20)23/h2-10,17-18,23H,1,11-16H2,(H,28,33)(H,30,31)/t17-,18+,27+/m0/s1. The molecule has 5 rings (SSSR count). The number of amides is 2. The van der Waals surface area contributed by atoms with Crippen LogP contribution in [-0.2, 0) is 14.3 Å². The van der Waals surface area contributed by atoms with Gasteiger partial charge in [-0.1, -0.05) is 54.6 Å². The second-order valence-electron chi connectivity index (χ2n) is 9.53. The summed E-state index contributed by atoms with van der Waals surface area (Å²) < 4.78 is 5.65. The highest BCUT2D eigenvalue weighted by Crippen LogP contribution is 2.64. The zero-order chi connectivity index (χ0) is 23.9. The van der Waals surface area contributed by atoms with E-state index in [1.165, 1.54) is 22.1 Å². The maximum Gasteiger partial charge on any atom is 0.407 e. The highest BCUT2D eigenvalue weighted by molar-refractivity contribution is 5.89. The Morgan fingerprint density at radius 1 is 1.09 bits per heavy atom. The van der Waals surface area contributed by atoms with E-state index >= 15 is 0 Å². The zero-order valence-corrected chi connectivity index (χ0v) is 18.9. The van der Waals surface area contributed by atoms with E-state index < -0.39 is 17.5 Å². The molecule has 0 aromatic heterocycles. The van der Waals surface area contributed by atoms with E-state index in [2.05, 4.69) is 36.2 Å². The largest absolute Gasteiger partial charge is 0.480 e. The van der Waals surface area contributed by atoms with Crippen LogP contribution in [0.4, 0.5) is 4.79 Å². The molecule has 176 valence electrons. The average molecular weight is 461 g/mol. The van der Waals surface area contributed by atoms with Gasteiger partial charge < -0.3 is 20.1 Å². The van der Waals surface area contributed by atoms with E-state index in [1.54, 1.807) is 0 Å². The van der Waals surface area contributed by atoms with Crippen LogP contribution in [0.3, 0.4) is 0 Å². The Balaban J connectivity index is 1.19. The van der Waals surface area contributed by atoms with Gasteiger partial charge in [-0.15, -0.1) is 6.58 Å². The molecule has 34 heavy (non-hydrogen) atoms. The SMILES string of the molecule is C=CCN(CC(=O)O)C(=O)[C@]12C[C@H](NC(=O)OCC3c4ccccc4-c4ccccc43)C[C@H]1C2. The Bertz CT molecular complexity index is 1120. The molecule has 7 nitrogen and oxygen atoms in total. The molecule has 2 amide bonds. The Labute approximate surface area is 198 Å². The second-order valence-corrected chi connectivity index (χ2v) is 9.53. The van der Waals surface area contributed by atoms with Crippen molar-refractivity contribution in [1.29, 1.82) is 0 Å². The van der Waals surface area contributed by atoms with E-state index in [0.717, 1.165) is 17.5 Å². The molecule has 3 atom stereocenters. The molecule has 0 radical (unpaired) electrons. The molecular formula is C27H28N2O5. The number of nitrogens with zero attached hydrogens (tertiary/aromatic N) is 1. The average Bonchev–Trinajstić information content (AvgIpc) is 3.25. The fourth-order valence-corrected chi connectivity index (χ4v) is 5.93. The third kappa shape index (κ3) is 3.85. The highest BCUT2D eigenvalue weighted by atomic mass is 16.5. The number of benzene rings is 2.